The van der Waals surface area contributed by atoms with Crippen molar-refractivity contribution in [2.75, 3.05) is 11.1 Å². The zero-order valence-electron chi connectivity index (χ0n) is 10.1. The van der Waals surface area contributed by atoms with Crippen LogP contribution in [0.3, 0.4) is 0 Å². The van der Waals surface area contributed by atoms with Gasteiger partial charge in [0, 0.05) is 0 Å². The molecule has 18 heavy (non-hydrogen) atoms. The topological polar surface area (TPSA) is 55.1 Å². The summed E-state index contributed by atoms with van der Waals surface area (Å²) in [5.41, 5.74) is 9.37. The number of aryl methyl sites for hydroxylation is 2. The van der Waals surface area contributed by atoms with Gasteiger partial charge in [0.2, 0.25) is 0 Å². The first kappa shape index (κ1) is 13.1. The maximum absolute atomic E-state index is 12.0. The Morgan fingerprint density at radius 2 is 1.94 bits per heavy atom. The molecule has 5 heteroatoms. The minimum atomic E-state index is -0.138. The van der Waals surface area contributed by atoms with E-state index in [4.69, 9.17) is 5.73 Å². The summed E-state index contributed by atoms with van der Waals surface area (Å²) in [6, 6.07) is 7.39. The van der Waals surface area contributed by atoms with Gasteiger partial charge in [-0.1, -0.05) is 0 Å². The van der Waals surface area contributed by atoms with Crippen LogP contribution >= 0.6 is 27.3 Å². The molecule has 1 aromatic heterocycles. The molecule has 0 aliphatic carbocycles. The Hall–Kier alpha value is -1.33. The normalized spacial score (nSPS) is 10.4. The number of rotatable bonds is 2. The van der Waals surface area contributed by atoms with E-state index in [1.807, 2.05) is 32.0 Å². The highest BCUT2D eigenvalue weighted by atomic mass is 79.9. The van der Waals surface area contributed by atoms with Crippen molar-refractivity contribution < 1.29 is 4.79 Å². The van der Waals surface area contributed by atoms with Crippen LogP contribution in [0.4, 0.5) is 11.4 Å². The predicted octanol–water partition coefficient (Wildman–Crippen LogP) is 3.96. The van der Waals surface area contributed by atoms with Gasteiger partial charge in [-0.2, -0.15) is 0 Å². The number of carbonyl (C=O) groups is 1. The molecule has 0 saturated carbocycles. The fourth-order valence-electron chi connectivity index (χ4n) is 1.57. The van der Waals surface area contributed by atoms with Crippen LogP contribution in [0.1, 0.15) is 20.8 Å². The van der Waals surface area contributed by atoms with Crippen molar-refractivity contribution in [3.05, 3.63) is 44.1 Å². The average Bonchev–Trinajstić information content (AvgIpc) is 2.73. The van der Waals surface area contributed by atoms with Gasteiger partial charge in [0.25, 0.3) is 5.91 Å². The van der Waals surface area contributed by atoms with E-state index >= 15 is 0 Å². The van der Waals surface area contributed by atoms with Crippen molar-refractivity contribution >= 4 is 44.5 Å². The van der Waals surface area contributed by atoms with Crippen LogP contribution in [-0.4, -0.2) is 5.91 Å². The van der Waals surface area contributed by atoms with Crippen molar-refractivity contribution in [2.45, 2.75) is 13.8 Å². The number of benzene rings is 1. The number of nitrogen functional groups attached to an aromatic ring is 1. The minimum absolute atomic E-state index is 0.138. The molecule has 3 nitrogen and oxygen atoms in total. The molecule has 1 heterocycles. The Kier molecular flexibility index (Phi) is 3.73. The number of nitrogens with one attached hydrogen (secondary N) is 1. The third-order valence-electron chi connectivity index (χ3n) is 2.71. The molecule has 0 aliphatic heterocycles. The molecule has 2 aromatic rings. The van der Waals surface area contributed by atoms with Crippen molar-refractivity contribution in [1.29, 1.82) is 0 Å². The zero-order chi connectivity index (χ0) is 13.3. The number of hydrogen-bond acceptors (Lipinski definition) is 3. The molecule has 0 atom stereocenters. The van der Waals surface area contributed by atoms with E-state index in [1.165, 1.54) is 11.3 Å². The molecule has 2 rings (SSSR count). The summed E-state index contributed by atoms with van der Waals surface area (Å²) in [5, 5.41) is 2.83. The summed E-state index contributed by atoms with van der Waals surface area (Å²) in [4.78, 5) is 12.7. The molecule has 1 aromatic carbocycles. The Morgan fingerprint density at radius 3 is 2.56 bits per heavy atom. The maximum atomic E-state index is 12.0. The lowest BCUT2D eigenvalue weighted by molar-refractivity contribution is 0.103. The van der Waals surface area contributed by atoms with Gasteiger partial charge in [-0.05, 0) is 65.2 Å². The van der Waals surface area contributed by atoms with E-state index in [2.05, 4.69) is 21.2 Å². The highest BCUT2D eigenvalue weighted by Crippen LogP contribution is 2.26. The molecule has 0 unspecified atom stereocenters. The number of anilines is 2. The van der Waals surface area contributed by atoms with E-state index in [0.29, 0.717) is 16.3 Å². The van der Waals surface area contributed by atoms with Crippen molar-refractivity contribution in [1.82, 2.24) is 0 Å². The molecule has 0 fully saturated rings. The first-order valence-corrected chi connectivity index (χ1v) is 7.01. The molecule has 3 N–H and O–H groups in total. The first-order valence-electron chi connectivity index (χ1n) is 5.41. The highest BCUT2D eigenvalue weighted by Gasteiger charge is 2.11. The highest BCUT2D eigenvalue weighted by molar-refractivity contribution is 9.11. The van der Waals surface area contributed by atoms with Gasteiger partial charge in [-0.25, -0.2) is 0 Å². The van der Waals surface area contributed by atoms with Gasteiger partial charge in [0.05, 0.1) is 20.0 Å². The number of hydrogen-bond donors (Lipinski definition) is 2. The lowest BCUT2D eigenvalue weighted by atomic mass is 10.1. The van der Waals surface area contributed by atoms with Gasteiger partial charge >= 0.3 is 0 Å². The molecule has 0 radical (unpaired) electrons. The van der Waals surface area contributed by atoms with E-state index in [9.17, 15) is 4.79 Å². The van der Waals surface area contributed by atoms with E-state index in [0.717, 1.165) is 14.9 Å². The van der Waals surface area contributed by atoms with Gasteiger partial charge in [-0.3, -0.25) is 4.79 Å². The molecule has 0 spiro atoms. The van der Waals surface area contributed by atoms with Crippen LogP contribution in [0.2, 0.25) is 0 Å². The van der Waals surface area contributed by atoms with Crippen molar-refractivity contribution in [2.24, 2.45) is 0 Å². The SMILES string of the molecule is Cc1cc(N)c(NC(=O)c2ccc(Br)s2)cc1C. The van der Waals surface area contributed by atoms with Crippen molar-refractivity contribution in [3.8, 4) is 0 Å². The van der Waals surface area contributed by atoms with E-state index in [1.54, 1.807) is 6.07 Å². The molecule has 0 saturated heterocycles. The molecule has 1 amide bonds. The standard InChI is InChI=1S/C13H13BrN2OS/c1-7-5-9(15)10(6-8(7)2)16-13(17)11-3-4-12(14)18-11/h3-6H,15H2,1-2H3,(H,16,17). The van der Waals surface area contributed by atoms with Crippen LogP contribution in [0.25, 0.3) is 0 Å². The maximum Gasteiger partial charge on any atom is 0.265 e. The number of carbonyl (C=O) groups excluding carboxylic acids is 1. The quantitative estimate of drug-likeness (QED) is 0.821. The zero-order valence-corrected chi connectivity index (χ0v) is 12.5. The third kappa shape index (κ3) is 2.73. The molecule has 94 valence electrons. The van der Waals surface area contributed by atoms with E-state index in [-0.39, 0.29) is 5.91 Å². The Labute approximate surface area is 118 Å². The summed E-state index contributed by atoms with van der Waals surface area (Å²) in [6.07, 6.45) is 0. The fourth-order valence-corrected chi connectivity index (χ4v) is 2.85. The fraction of sp³-hybridized carbons (Fsp3) is 0.154. The molecule has 0 bridgehead atoms. The smallest absolute Gasteiger partial charge is 0.265 e. The van der Waals surface area contributed by atoms with Gasteiger partial charge in [0.15, 0.2) is 0 Å². The monoisotopic (exact) mass is 324 g/mol. The van der Waals surface area contributed by atoms with Gasteiger partial charge < -0.3 is 11.1 Å². The van der Waals surface area contributed by atoms with Crippen LogP contribution < -0.4 is 11.1 Å². The summed E-state index contributed by atoms with van der Waals surface area (Å²) >= 11 is 4.73. The van der Waals surface area contributed by atoms with E-state index < -0.39 is 0 Å². The van der Waals surface area contributed by atoms with Crippen LogP contribution in [0.15, 0.2) is 28.1 Å². The summed E-state index contributed by atoms with van der Waals surface area (Å²) in [6.45, 7) is 3.99. The van der Waals surface area contributed by atoms with Gasteiger partial charge in [0.1, 0.15) is 0 Å². The first-order chi connectivity index (χ1) is 8.47. The Balaban J connectivity index is 2.24. The number of nitrogens with two attached hydrogens (primary N) is 1. The average molecular weight is 325 g/mol. The number of thiophene rings is 1. The number of halogens is 1. The van der Waals surface area contributed by atoms with Crippen LogP contribution in [-0.2, 0) is 0 Å². The second-order valence-electron chi connectivity index (χ2n) is 4.08. The summed E-state index contributed by atoms with van der Waals surface area (Å²) < 4.78 is 0.931. The summed E-state index contributed by atoms with van der Waals surface area (Å²) in [7, 11) is 0. The molecular weight excluding hydrogens is 312 g/mol. The van der Waals surface area contributed by atoms with Crippen molar-refractivity contribution in [3.63, 3.8) is 0 Å². The largest absolute Gasteiger partial charge is 0.397 e. The van der Waals surface area contributed by atoms with Gasteiger partial charge in [-0.15, -0.1) is 11.3 Å². The van der Waals surface area contributed by atoms with Crippen LogP contribution in [0.5, 0.6) is 0 Å². The number of amides is 1. The molecular formula is C13H13BrN2OS. The second-order valence-corrected chi connectivity index (χ2v) is 6.54. The lowest BCUT2D eigenvalue weighted by Gasteiger charge is -2.10. The lowest BCUT2D eigenvalue weighted by Crippen LogP contribution is -2.12. The second kappa shape index (κ2) is 5.12. The minimum Gasteiger partial charge on any atom is -0.397 e. The predicted molar refractivity (Wildman–Crippen MR) is 80.3 cm³/mol. The molecule has 0 aliphatic rings. The van der Waals surface area contributed by atoms with Crippen LogP contribution in [0, 0.1) is 13.8 Å². The Bertz CT molecular complexity index is 607. The summed E-state index contributed by atoms with van der Waals surface area (Å²) in [5.74, 6) is -0.138. The Morgan fingerprint density at radius 1 is 1.28 bits per heavy atom. The third-order valence-corrected chi connectivity index (χ3v) is 4.33.